The summed E-state index contributed by atoms with van der Waals surface area (Å²) in [4.78, 5) is 16.9. The van der Waals surface area contributed by atoms with Crippen LogP contribution in [0.1, 0.15) is 6.92 Å². The molecule has 2 aromatic rings. The van der Waals surface area contributed by atoms with Gasteiger partial charge >= 0.3 is 6.61 Å². The molecule has 1 aliphatic heterocycles. The average Bonchev–Trinajstić information content (AvgIpc) is 2.68. The number of rotatable bonds is 6. The Labute approximate surface area is 167 Å². The second-order valence-corrected chi connectivity index (χ2v) is 6.98. The van der Waals surface area contributed by atoms with Crippen LogP contribution in [0.5, 0.6) is 5.75 Å². The van der Waals surface area contributed by atoms with Gasteiger partial charge in [0, 0.05) is 36.9 Å². The number of anilines is 2. The zero-order valence-corrected chi connectivity index (χ0v) is 16.2. The molecule has 0 radical (unpaired) electrons. The molecule has 2 aromatic carbocycles. The van der Waals surface area contributed by atoms with Gasteiger partial charge in [-0.25, -0.2) is 0 Å². The number of piperazine rings is 1. The van der Waals surface area contributed by atoms with Gasteiger partial charge in [-0.2, -0.15) is 8.78 Å². The lowest BCUT2D eigenvalue weighted by molar-refractivity contribution is -0.120. The molecule has 1 aliphatic rings. The molecule has 0 spiro atoms. The number of hydrogen-bond acceptors (Lipinski definition) is 4. The number of carbonyl (C=O) groups is 1. The standard InChI is InChI=1S/C20H22ClF2N3O2/c1-14(19(27)24-17-7-2-3-8-18(17)28-20(22)23)25-9-11-26(12-10-25)16-6-4-5-15(21)13-16/h2-8,13-14,20H,9-12H2,1H3,(H,24,27). The number of carbonyl (C=O) groups excluding carboxylic acids is 1. The van der Waals surface area contributed by atoms with Gasteiger partial charge in [-0.15, -0.1) is 0 Å². The third-order valence-corrected chi connectivity index (χ3v) is 5.01. The van der Waals surface area contributed by atoms with E-state index in [2.05, 4.69) is 19.9 Å². The van der Waals surface area contributed by atoms with E-state index in [4.69, 9.17) is 11.6 Å². The van der Waals surface area contributed by atoms with Gasteiger partial charge in [-0.05, 0) is 37.3 Å². The maximum absolute atomic E-state index is 12.6. The first-order valence-corrected chi connectivity index (χ1v) is 9.41. The summed E-state index contributed by atoms with van der Waals surface area (Å²) in [6.45, 7) is 1.80. The zero-order chi connectivity index (χ0) is 20.1. The number of para-hydroxylation sites is 2. The highest BCUT2D eigenvalue weighted by atomic mass is 35.5. The van der Waals surface area contributed by atoms with E-state index >= 15 is 0 Å². The van der Waals surface area contributed by atoms with E-state index in [-0.39, 0.29) is 17.3 Å². The summed E-state index contributed by atoms with van der Waals surface area (Å²) in [5.74, 6) is -0.314. The van der Waals surface area contributed by atoms with Crippen LogP contribution in [0, 0.1) is 0 Å². The van der Waals surface area contributed by atoms with E-state index in [1.54, 1.807) is 25.1 Å². The highest BCUT2D eigenvalue weighted by molar-refractivity contribution is 6.30. The minimum Gasteiger partial charge on any atom is -0.433 e. The summed E-state index contributed by atoms with van der Waals surface area (Å²) in [7, 11) is 0. The molecule has 1 unspecified atom stereocenters. The Kier molecular flexibility index (Phi) is 6.70. The molecule has 1 heterocycles. The molecule has 1 saturated heterocycles. The van der Waals surface area contributed by atoms with Crippen molar-refractivity contribution in [2.24, 2.45) is 0 Å². The molecule has 0 bridgehead atoms. The number of alkyl halides is 2. The van der Waals surface area contributed by atoms with E-state index in [9.17, 15) is 13.6 Å². The molecule has 28 heavy (non-hydrogen) atoms. The maximum atomic E-state index is 12.6. The van der Waals surface area contributed by atoms with E-state index < -0.39 is 12.7 Å². The lowest BCUT2D eigenvalue weighted by atomic mass is 10.2. The number of nitrogens with one attached hydrogen (secondary N) is 1. The average molecular weight is 410 g/mol. The van der Waals surface area contributed by atoms with Crippen LogP contribution in [0.25, 0.3) is 0 Å². The summed E-state index contributed by atoms with van der Waals surface area (Å²) < 4.78 is 29.5. The molecular formula is C20H22ClF2N3O2. The van der Waals surface area contributed by atoms with Gasteiger partial charge in [0.1, 0.15) is 5.75 Å². The third-order valence-electron chi connectivity index (χ3n) is 4.78. The van der Waals surface area contributed by atoms with Crippen LogP contribution >= 0.6 is 11.6 Å². The number of ether oxygens (including phenoxy) is 1. The number of hydrogen-bond donors (Lipinski definition) is 1. The molecule has 8 heteroatoms. The Morgan fingerprint density at radius 1 is 1.11 bits per heavy atom. The second-order valence-electron chi connectivity index (χ2n) is 6.54. The van der Waals surface area contributed by atoms with Crippen LogP contribution in [0.4, 0.5) is 20.2 Å². The molecule has 1 amide bonds. The third kappa shape index (κ3) is 5.11. The quantitative estimate of drug-likeness (QED) is 0.780. The minimum absolute atomic E-state index is 0.0520. The Balaban J connectivity index is 1.58. The molecule has 0 aliphatic carbocycles. The van der Waals surface area contributed by atoms with Gasteiger partial charge in [0.25, 0.3) is 0 Å². The highest BCUT2D eigenvalue weighted by Gasteiger charge is 2.26. The zero-order valence-electron chi connectivity index (χ0n) is 15.4. The van der Waals surface area contributed by atoms with Crippen molar-refractivity contribution in [3.8, 4) is 5.75 Å². The molecule has 0 aromatic heterocycles. The number of halogens is 3. The Bertz CT molecular complexity index is 814. The smallest absolute Gasteiger partial charge is 0.387 e. The van der Waals surface area contributed by atoms with Gasteiger partial charge in [-0.1, -0.05) is 29.8 Å². The Hall–Kier alpha value is -2.38. The van der Waals surface area contributed by atoms with Crippen molar-refractivity contribution < 1.29 is 18.3 Å². The Morgan fingerprint density at radius 3 is 2.50 bits per heavy atom. The fourth-order valence-electron chi connectivity index (χ4n) is 3.21. The second kappa shape index (κ2) is 9.21. The molecule has 5 nitrogen and oxygen atoms in total. The first-order chi connectivity index (χ1) is 13.4. The fraction of sp³-hybridized carbons (Fsp3) is 0.350. The normalized spacial score (nSPS) is 16.1. The summed E-state index contributed by atoms with van der Waals surface area (Å²) in [5, 5.41) is 3.39. The van der Waals surface area contributed by atoms with E-state index in [0.717, 1.165) is 18.8 Å². The maximum Gasteiger partial charge on any atom is 0.387 e. The molecule has 3 rings (SSSR count). The summed E-state index contributed by atoms with van der Waals surface area (Å²) in [6.07, 6.45) is 0. The summed E-state index contributed by atoms with van der Waals surface area (Å²) >= 11 is 6.06. The lowest BCUT2D eigenvalue weighted by Crippen LogP contribution is -2.52. The van der Waals surface area contributed by atoms with Crippen LogP contribution in [-0.4, -0.2) is 49.6 Å². The predicted molar refractivity (Wildman–Crippen MR) is 106 cm³/mol. The Morgan fingerprint density at radius 2 is 1.82 bits per heavy atom. The van der Waals surface area contributed by atoms with Crippen molar-refractivity contribution in [3.05, 3.63) is 53.6 Å². The topological polar surface area (TPSA) is 44.8 Å². The molecule has 1 N–H and O–H groups in total. The van der Waals surface area contributed by atoms with Crippen LogP contribution in [-0.2, 0) is 4.79 Å². The summed E-state index contributed by atoms with van der Waals surface area (Å²) in [6, 6.07) is 13.5. The van der Waals surface area contributed by atoms with Crippen LogP contribution < -0.4 is 15.0 Å². The molecule has 1 atom stereocenters. The van der Waals surface area contributed by atoms with Crippen LogP contribution in [0.2, 0.25) is 5.02 Å². The van der Waals surface area contributed by atoms with Crippen molar-refractivity contribution in [1.29, 1.82) is 0 Å². The van der Waals surface area contributed by atoms with Gasteiger partial charge in [-0.3, -0.25) is 9.69 Å². The lowest BCUT2D eigenvalue weighted by Gasteiger charge is -2.38. The van der Waals surface area contributed by atoms with E-state index in [1.807, 2.05) is 24.3 Å². The van der Waals surface area contributed by atoms with Crippen molar-refractivity contribution in [1.82, 2.24) is 4.90 Å². The monoisotopic (exact) mass is 409 g/mol. The predicted octanol–water partition coefficient (Wildman–Crippen LogP) is 4.09. The first kappa shape index (κ1) is 20.4. The van der Waals surface area contributed by atoms with Gasteiger partial charge < -0.3 is 15.0 Å². The minimum atomic E-state index is -2.95. The SMILES string of the molecule is CC(C(=O)Nc1ccccc1OC(F)F)N1CCN(c2cccc(Cl)c2)CC1. The van der Waals surface area contributed by atoms with E-state index in [0.29, 0.717) is 18.1 Å². The number of nitrogens with zero attached hydrogens (tertiary/aromatic N) is 2. The summed E-state index contributed by atoms with van der Waals surface area (Å²) in [5.41, 5.74) is 1.29. The fourth-order valence-corrected chi connectivity index (χ4v) is 3.40. The number of amides is 1. The van der Waals surface area contributed by atoms with Crippen molar-refractivity contribution >= 4 is 28.9 Å². The van der Waals surface area contributed by atoms with Crippen molar-refractivity contribution in [3.63, 3.8) is 0 Å². The van der Waals surface area contributed by atoms with Gasteiger partial charge in [0.05, 0.1) is 11.7 Å². The molecule has 0 saturated carbocycles. The highest BCUT2D eigenvalue weighted by Crippen LogP contribution is 2.26. The van der Waals surface area contributed by atoms with Crippen molar-refractivity contribution in [2.75, 3.05) is 36.4 Å². The molecule has 1 fully saturated rings. The number of benzene rings is 2. The van der Waals surface area contributed by atoms with Crippen molar-refractivity contribution in [2.45, 2.75) is 19.6 Å². The van der Waals surface area contributed by atoms with Crippen LogP contribution in [0.15, 0.2) is 48.5 Å². The van der Waals surface area contributed by atoms with Crippen LogP contribution in [0.3, 0.4) is 0 Å². The van der Waals surface area contributed by atoms with Gasteiger partial charge in [0.15, 0.2) is 0 Å². The largest absolute Gasteiger partial charge is 0.433 e. The van der Waals surface area contributed by atoms with E-state index in [1.165, 1.54) is 6.07 Å². The van der Waals surface area contributed by atoms with Gasteiger partial charge in [0.2, 0.25) is 5.91 Å². The molecular weight excluding hydrogens is 388 g/mol. The molecule has 150 valence electrons. The first-order valence-electron chi connectivity index (χ1n) is 9.03.